The number of nitrogens with one attached hydrogen (secondary N) is 1. The molecule has 0 aromatic carbocycles. The molecule has 1 heterocycles. The molecule has 18 heavy (non-hydrogen) atoms. The van der Waals surface area contributed by atoms with Crippen molar-refractivity contribution in [1.82, 2.24) is 15.1 Å². The zero-order chi connectivity index (χ0) is 13.4. The van der Waals surface area contributed by atoms with Gasteiger partial charge in [-0.1, -0.05) is 27.2 Å². The number of piperazine rings is 1. The van der Waals surface area contributed by atoms with Crippen LogP contribution in [0.25, 0.3) is 0 Å². The molecule has 108 valence electrons. The van der Waals surface area contributed by atoms with Crippen LogP contribution in [0.3, 0.4) is 0 Å². The van der Waals surface area contributed by atoms with Gasteiger partial charge < -0.3 is 15.1 Å². The molecule has 1 N–H and O–H groups in total. The predicted molar refractivity (Wildman–Crippen MR) is 80.1 cm³/mol. The highest BCUT2D eigenvalue weighted by Crippen LogP contribution is 2.24. The van der Waals surface area contributed by atoms with Crippen molar-refractivity contribution in [3.8, 4) is 0 Å². The number of likely N-dealkylation sites (N-methyl/N-ethyl adjacent to an activating group) is 1. The zero-order valence-electron chi connectivity index (χ0n) is 13.0. The van der Waals surface area contributed by atoms with E-state index in [0.717, 1.165) is 6.54 Å². The van der Waals surface area contributed by atoms with Gasteiger partial charge in [-0.2, -0.15) is 0 Å². The quantitative estimate of drug-likeness (QED) is 0.670. The fourth-order valence-electron chi connectivity index (χ4n) is 2.94. The lowest BCUT2D eigenvalue weighted by Crippen LogP contribution is -2.50. The Labute approximate surface area is 114 Å². The molecule has 0 radical (unpaired) electrons. The lowest BCUT2D eigenvalue weighted by atomic mass is 9.84. The van der Waals surface area contributed by atoms with Crippen molar-refractivity contribution >= 4 is 0 Å². The molecule has 1 aliphatic heterocycles. The van der Waals surface area contributed by atoms with Crippen LogP contribution in [0.4, 0.5) is 0 Å². The predicted octanol–water partition coefficient (Wildman–Crippen LogP) is 2.04. The summed E-state index contributed by atoms with van der Waals surface area (Å²) in [5.74, 6) is 0. The number of rotatable bonds is 8. The first-order valence-electron chi connectivity index (χ1n) is 7.71. The van der Waals surface area contributed by atoms with Crippen molar-refractivity contribution in [2.75, 3.05) is 52.9 Å². The Balaban J connectivity index is 2.39. The molecule has 0 aliphatic carbocycles. The van der Waals surface area contributed by atoms with Gasteiger partial charge in [-0.05, 0) is 31.8 Å². The lowest BCUT2D eigenvalue weighted by molar-refractivity contribution is 0.0972. The first-order valence-corrected chi connectivity index (χ1v) is 7.71. The van der Waals surface area contributed by atoms with Gasteiger partial charge in [-0.3, -0.25) is 0 Å². The van der Waals surface area contributed by atoms with E-state index in [0.29, 0.717) is 5.41 Å². The molecule has 1 unspecified atom stereocenters. The third-order valence-corrected chi connectivity index (χ3v) is 4.03. The Kier molecular flexibility index (Phi) is 7.20. The Morgan fingerprint density at radius 1 is 1.06 bits per heavy atom. The molecular formula is C15H33N3. The van der Waals surface area contributed by atoms with Crippen LogP contribution in [0.2, 0.25) is 0 Å². The maximum Gasteiger partial charge on any atom is 0.0110 e. The van der Waals surface area contributed by atoms with Crippen LogP contribution in [0.15, 0.2) is 0 Å². The van der Waals surface area contributed by atoms with Crippen molar-refractivity contribution in [3.63, 3.8) is 0 Å². The minimum Gasteiger partial charge on any atom is -0.316 e. The van der Waals surface area contributed by atoms with Gasteiger partial charge in [-0.15, -0.1) is 0 Å². The maximum atomic E-state index is 3.62. The van der Waals surface area contributed by atoms with Gasteiger partial charge in [0, 0.05) is 39.3 Å². The summed E-state index contributed by atoms with van der Waals surface area (Å²) in [5, 5.41) is 3.62. The standard InChI is InChI=1S/C15H33N3/c1-5-7-15(3,13-16-8-6-2)14-18-11-9-17(4)10-12-18/h16H,5-14H2,1-4H3. The zero-order valence-corrected chi connectivity index (χ0v) is 13.0. The van der Waals surface area contributed by atoms with E-state index < -0.39 is 0 Å². The van der Waals surface area contributed by atoms with E-state index in [9.17, 15) is 0 Å². The van der Waals surface area contributed by atoms with E-state index in [1.165, 1.54) is 58.5 Å². The van der Waals surface area contributed by atoms with E-state index in [1.54, 1.807) is 0 Å². The van der Waals surface area contributed by atoms with Gasteiger partial charge in [0.05, 0.1) is 0 Å². The normalized spacial score (nSPS) is 22.0. The van der Waals surface area contributed by atoms with E-state index in [-0.39, 0.29) is 0 Å². The van der Waals surface area contributed by atoms with Gasteiger partial charge in [0.15, 0.2) is 0 Å². The van der Waals surface area contributed by atoms with E-state index in [2.05, 4.69) is 42.9 Å². The summed E-state index contributed by atoms with van der Waals surface area (Å²) in [5.41, 5.74) is 0.444. The van der Waals surface area contributed by atoms with Crippen LogP contribution >= 0.6 is 0 Å². The summed E-state index contributed by atoms with van der Waals surface area (Å²) in [6.07, 6.45) is 3.85. The van der Waals surface area contributed by atoms with Crippen molar-refractivity contribution < 1.29 is 0 Å². The molecule has 0 amide bonds. The second kappa shape index (κ2) is 8.13. The van der Waals surface area contributed by atoms with Gasteiger partial charge in [-0.25, -0.2) is 0 Å². The minimum absolute atomic E-state index is 0.444. The molecule has 0 spiro atoms. The van der Waals surface area contributed by atoms with Crippen LogP contribution < -0.4 is 5.32 Å². The van der Waals surface area contributed by atoms with Crippen LogP contribution in [-0.2, 0) is 0 Å². The molecule has 3 nitrogen and oxygen atoms in total. The fraction of sp³-hybridized carbons (Fsp3) is 1.00. The van der Waals surface area contributed by atoms with Crippen molar-refractivity contribution in [2.24, 2.45) is 5.41 Å². The third-order valence-electron chi connectivity index (χ3n) is 4.03. The Hall–Kier alpha value is -0.120. The largest absolute Gasteiger partial charge is 0.316 e. The highest BCUT2D eigenvalue weighted by Gasteiger charge is 2.27. The van der Waals surface area contributed by atoms with Crippen LogP contribution in [0.5, 0.6) is 0 Å². The van der Waals surface area contributed by atoms with E-state index in [1.807, 2.05) is 0 Å². The van der Waals surface area contributed by atoms with Crippen LogP contribution in [-0.4, -0.2) is 62.7 Å². The Bertz CT molecular complexity index is 212. The molecule has 0 aromatic heterocycles. The van der Waals surface area contributed by atoms with Crippen LogP contribution in [0, 0.1) is 5.41 Å². The number of hydrogen-bond donors (Lipinski definition) is 1. The SMILES string of the molecule is CCCNCC(C)(CCC)CN1CCN(C)CC1. The Morgan fingerprint density at radius 3 is 2.28 bits per heavy atom. The van der Waals surface area contributed by atoms with Crippen LogP contribution in [0.1, 0.15) is 40.0 Å². The second-order valence-corrected chi connectivity index (χ2v) is 6.32. The molecule has 1 atom stereocenters. The fourth-order valence-corrected chi connectivity index (χ4v) is 2.94. The summed E-state index contributed by atoms with van der Waals surface area (Å²) in [6.45, 7) is 15.5. The maximum absolute atomic E-state index is 3.62. The summed E-state index contributed by atoms with van der Waals surface area (Å²) in [7, 11) is 2.23. The Morgan fingerprint density at radius 2 is 1.72 bits per heavy atom. The average Bonchev–Trinajstić information content (AvgIpc) is 2.33. The van der Waals surface area contributed by atoms with Crippen molar-refractivity contribution in [3.05, 3.63) is 0 Å². The van der Waals surface area contributed by atoms with Gasteiger partial charge in [0.1, 0.15) is 0 Å². The molecule has 3 heteroatoms. The van der Waals surface area contributed by atoms with Gasteiger partial charge in [0.25, 0.3) is 0 Å². The summed E-state index contributed by atoms with van der Waals surface area (Å²) >= 11 is 0. The molecule has 0 aromatic rings. The summed E-state index contributed by atoms with van der Waals surface area (Å²) in [6, 6.07) is 0. The summed E-state index contributed by atoms with van der Waals surface area (Å²) in [4.78, 5) is 5.09. The number of hydrogen-bond acceptors (Lipinski definition) is 3. The van der Waals surface area contributed by atoms with E-state index >= 15 is 0 Å². The first kappa shape index (κ1) is 15.9. The first-order chi connectivity index (χ1) is 8.59. The molecule has 0 saturated carbocycles. The summed E-state index contributed by atoms with van der Waals surface area (Å²) < 4.78 is 0. The smallest absolute Gasteiger partial charge is 0.0110 e. The molecule has 1 aliphatic rings. The average molecular weight is 255 g/mol. The highest BCUT2D eigenvalue weighted by molar-refractivity contribution is 4.82. The van der Waals surface area contributed by atoms with Crippen molar-refractivity contribution in [2.45, 2.75) is 40.0 Å². The lowest BCUT2D eigenvalue weighted by Gasteiger charge is -2.39. The highest BCUT2D eigenvalue weighted by atomic mass is 15.2. The molecule has 1 saturated heterocycles. The third kappa shape index (κ3) is 5.68. The monoisotopic (exact) mass is 255 g/mol. The topological polar surface area (TPSA) is 18.5 Å². The van der Waals surface area contributed by atoms with Gasteiger partial charge >= 0.3 is 0 Å². The number of nitrogens with zero attached hydrogens (tertiary/aromatic N) is 2. The molecule has 1 fully saturated rings. The molecule has 0 bridgehead atoms. The van der Waals surface area contributed by atoms with E-state index in [4.69, 9.17) is 0 Å². The molecule has 1 rings (SSSR count). The molecular weight excluding hydrogens is 222 g/mol. The second-order valence-electron chi connectivity index (χ2n) is 6.32. The van der Waals surface area contributed by atoms with Crippen molar-refractivity contribution in [1.29, 1.82) is 0 Å². The van der Waals surface area contributed by atoms with Gasteiger partial charge in [0.2, 0.25) is 0 Å². The minimum atomic E-state index is 0.444.